The van der Waals surface area contributed by atoms with Gasteiger partial charge in [0.05, 0.1) is 12.2 Å². The molecule has 1 aromatic carbocycles. The Hall–Kier alpha value is -1.02. The highest BCUT2D eigenvalue weighted by Crippen LogP contribution is 2.09. The number of ether oxygens (including phenoxy) is 1. The van der Waals surface area contributed by atoms with Crippen molar-refractivity contribution in [1.29, 1.82) is 0 Å². The molecule has 0 bridgehead atoms. The summed E-state index contributed by atoms with van der Waals surface area (Å²) in [7, 11) is 0. The van der Waals surface area contributed by atoms with E-state index >= 15 is 0 Å². The quantitative estimate of drug-likeness (QED) is 0.433. The van der Waals surface area contributed by atoms with Crippen LogP contribution in [0, 0.1) is 0 Å². The summed E-state index contributed by atoms with van der Waals surface area (Å²) < 4.78 is 4.91. The minimum absolute atomic E-state index is 0.255. The summed E-state index contributed by atoms with van der Waals surface area (Å²) in [4.78, 5) is 11.4. The smallest absolute Gasteiger partial charge is 0.338 e. The fraction of sp³-hybridized carbons (Fsp3) is 0.462. The molecule has 88 valence electrons. The second kappa shape index (κ2) is 7.29. The number of hydrogen-bond donors (Lipinski definition) is 0. The number of halogens is 1. The fourth-order valence-corrected chi connectivity index (χ4v) is 1.63. The van der Waals surface area contributed by atoms with E-state index in [0.29, 0.717) is 18.1 Å². The van der Waals surface area contributed by atoms with Crippen molar-refractivity contribution in [2.75, 3.05) is 12.5 Å². The summed E-state index contributed by atoms with van der Waals surface area (Å²) in [5, 5.41) is 0. The average molecular weight is 241 g/mol. The Labute approximate surface area is 102 Å². The van der Waals surface area contributed by atoms with Crippen molar-refractivity contribution < 1.29 is 9.53 Å². The first-order valence-electron chi connectivity index (χ1n) is 5.60. The molecule has 0 aliphatic rings. The normalized spacial score (nSPS) is 10.1. The number of hydrogen-bond acceptors (Lipinski definition) is 2. The Bertz CT molecular complexity index is 319. The fourth-order valence-electron chi connectivity index (χ4n) is 1.45. The van der Waals surface area contributed by atoms with E-state index in [1.54, 1.807) is 6.92 Å². The van der Waals surface area contributed by atoms with Crippen LogP contribution in [-0.2, 0) is 11.2 Å². The van der Waals surface area contributed by atoms with Crippen LogP contribution in [-0.4, -0.2) is 18.5 Å². The van der Waals surface area contributed by atoms with Gasteiger partial charge >= 0.3 is 5.97 Å². The van der Waals surface area contributed by atoms with Gasteiger partial charge in [-0.05, 0) is 43.9 Å². The molecule has 0 saturated carbocycles. The van der Waals surface area contributed by atoms with Gasteiger partial charge in [0.2, 0.25) is 0 Å². The van der Waals surface area contributed by atoms with Crippen molar-refractivity contribution in [2.45, 2.75) is 26.2 Å². The van der Waals surface area contributed by atoms with Crippen molar-refractivity contribution in [3.05, 3.63) is 35.4 Å². The van der Waals surface area contributed by atoms with Gasteiger partial charge in [-0.25, -0.2) is 4.79 Å². The Morgan fingerprint density at radius 3 is 2.50 bits per heavy atom. The lowest BCUT2D eigenvalue weighted by atomic mass is 10.1. The van der Waals surface area contributed by atoms with E-state index in [1.165, 1.54) is 5.56 Å². The number of aryl methyl sites for hydroxylation is 1. The van der Waals surface area contributed by atoms with Crippen molar-refractivity contribution >= 4 is 17.6 Å². The van der Waals surface area contributed by atoms with Gasteiger partial charge in [0.15, 0.2) is 0 Å². The molecule has 0 atom stereocenters. The molecule has 0 unspecified atom stereocenters. The van der Waals surface area contributed by atoms with E-state index in [1.807, 2.05) is 24.3 Å². The molecule has 0 aromatic heterocycles. The molecule has 0 aliphatic heterocycles. The van der Waals surface area contributed by atoms with Crippen LogP contribution in [0.5, 0.6) is 0 Å². The summed E-state index contributed by atoms with van der Waals surface area (Å²) in [6, 6.07) is 7.57. The second-order valence-corrected chi connectivity index (χ2v) is 3.94. The molecule has 0 amide bonds. The van der Waals surface area contributed by atoms with Crippen LogP contribution >= 0.6 is 11.6 Å². The van der Waals surface area contributed by atoms with Crippen LogP contribution in [0.25, 0.3) is 0 Å². The van der Waals surface area contributed by atoms with E-state index in [-0.39, 0.29) is 5.97 Å². The summed E-state index contributed by atoms with van der Waals surface area (Å²) >= 11 is 5.61. The third-order valence-corrected chi connectivity index (χ3v) is 2.58. The largest absolute Gasteiger partial charge is 0.462 e. The lowest BCUT2D eigenvalue weighted by Gasteiger charge is -2.03. The first-order valence-corrected chi connectivity index (χ1v) is 6.13. The highest BCUT2D eigenvalue weighted by Gasteiger charge is 2.05. The molecular weight excluding hydrogens is 224 g/mol. The lowest BCUT2D eigenvalue weighted by Crippen LogP contribution is -2.04. The number of carbonyl (C=O) groups is 1. The number of esters is 1. The summed E-state index contributed by atoms with van der Waals surface area (Å²) in [6.45, 7) is 2.22. The summed E-state index contributed by atoms with van der Waals surface area (Å²) in [5.41, 5.74) is 1.85. The van der Waals surface area contributed by atoms with Gasteiger partial charge < -0.3 is 4.74 Å². The molecule has 0 heterocycles. The van der Waals surface area contributed by atoms with Gasteiger partial charge in [-0.3, -0.25) is 0 Å². The Balaban J connectivity index is 2.50. The van der Waals surface area contributed by atoms with Gasteiger partial charge in [-0.1, -0.05) is 12.1 Å². The molecule has 0 fully saturated rings. The van der Waals surface area contributed by atoms with Gasteiger partial charge in [-0.2, -0.15) is 0 Å². The lowest BCUT2D eigenvalue weighted by molar-refractivity contribution is 0.0526. The van der Waals surface area contributed by atoms with Gasteiger partial charge in [-0.15, -0.1) is 11.6 Å². The first-order chi connectivity index (χ1) is 7.77. The van der Waals surface area contributed by atoms with Crippen LogP contribution in [0.4, 0.5) is 0 Å². The zero-order valence-electron chi connectivity index (χ0n) is 9.54. The zero-order chi connectivity index (χ0) is 11.8. The van der Waals surface area contributed by atoms with Crippen LogP contribution in [0.15, 0.2) is 24.3 Å². The third kappa shape index (κ3) is 4.23. The van der Waals surface area contributed by atoms with Crippen molar-refractivity contribution in [1.82, 2.24) is 0 Å². The van der Waals surface area contributed by atoms with E-state index in [4.69, 9.17) is 16.3 Å². The molecule has 16 heavy (non-hydrogen) atoms. The van der Waals surface area contributed by atoms with E-state index < -0.39 is 0 Å². The van der Waals surface area contributed by atoms with E-state index in [9.17, 15) is 4.79 Å². The van der Waals surface area contributed by atoms with Crippen molar-refractivity contribution in [3.8, 4) is 0 Å². The number of rotatable bonds is 6. The van der Waals surface area contributed by atoms with Crippen LogP contribution in [0.2, 0.25) is 0 Å². The monoisotopic (exact) mass is 240 g/mol. The predicted octanol–water partition coefficient (Wildman–Crippen LogP) is 3.42. The molecule has 3 heteroatoms. The molecule has 0 N–H and O–H groups in total. The SMILES string of the molecule is CCOC(=O)c1ccc(CCCCCl)cc1. The molecule has 1 rings (SSSR count). The van der Waals surface area contributed by atoms with Crippen LogP contribution in [0.3, 0.4) is 0 Å². The van der Waals surface area contributed by atoms with Gasteiger partial charge in [0, 0.05) is 5.88 Å². The summed E-state index contributed by atoms with van der Waals surface area (Å²) in [6.07, 6.45) is 3.12. The van der Waals surface area contributed by atoms with Crippen LogP contribution in [0.1, 0.15) is 35.7 Å². The predicted molar refractivity (Wildman–Crippen MR) is 66.1 cm³/mol. The Kier molecular flexibility index (Phi) is 5.94. The highest BCUT2D eigenvalue weighted by molar-refractivity contribution is 6.17. The molecule has 0 spiro atoms. The maximum absolute atomic E-state index is 11.4. The zero-order valence-corrected chi connectivity index (χ0v) is 10.3. The van der Waals surface area contributed by atoms with Crippen LogP contribution < -0.4 is 0 Å². The number of benzene rings is 1. The highest BCUT2D eigenvalue weighted by atomic mass is 35.5. The third-order valence-electron chi connectivity index (χ3n) is 2.31. The average Bonchev–Trinajstić information content (AvgIpc) is 2.30. The first kappa shape index (κ1) is 13.0. The number of carbonyl (C=O) groups excluding carboxylic acids is 1. The second-order valence-electron chi connectivity index (χ2n) is 3.56. The molecule has 0 aliphatic carbocycles. The standard InChI is InChI=1S/C13H17ClO2/c1-2-16-13(15)12-8-6-11(7-9-12)5-3-4-10-14/h6-9H,2-5,10H2,1H3. The minimum Gasteiger partial charge on any atom is -0.462 e. The molecular formula is C13H17ClO2. The maximum atomic E-state index is 11.4. The van der Waals surface area contributed by atoms with E-state index in [0.717, 1.165) is 19.3 Å². The van der Waals surface area contributed by atoms with Gasteiger partial charge in [0.1, 0.15) is 0 Å². The molecule has 0 radical (unpaired) electrons. The summed E-state index contributed by atoms with van der Waals surface area (Å²) in [5.74, 6) is 0.454. The number of unbranched alkanes of at least 4 members (excludes halogenated alkanes) is 1. The molecule has 0 saturated heterocycles. The van der Waals surface area contributed by atoms with Gasteiger partial charge in [0.25, 0.3) is 0 Å². The molecule has 1 aromatic rings. The maximum Gasteiger partial charge on any atom is 0.338 e. The molecule has 2 nitrogen and oxygen atoms in total. The number of alkyl halides is 1. The minimum atomic E-state index is -0.255. The Morgan fingerprint density at radius 2 is 1.94 bits per heavy atom. The Morgan fingerprint density at radius 1 is 1.25 bits per heavy atom. The topological polar surface area (TPSA) is 26.3 Å². The van der Waals surface area contributed by atoms with Crippen molar-refractivity contribution in [3.63, 3.8) is 0 Å². The van der Waals surface area contributed by atoms with Crippen molar-refractivity contribution in [2.24, 2.45) is 0 Å². The van der Waals surface area contributed by atoms with E-state index in [2.05, 4.69) is 0 Å².